The molecule has 7 heteroatoms. The second kappa shape index (κ2) is 6.14. The molecule has 1 aliphatic heterocycles. The van der Waals surface area contributed by atoms with Crippen molar-refractivity contribution in [2.45, 2.75) is 62.9 Å². The zero-order valence-corrected chi connectivity index (χ0v) is 12.7. The quantitative estimate of drug-likeness (QED) is 0.585. The fraction of sp³-hybridized carbons (Fsp3) is 0.800. The van der Waals surface area contributed by atoms with E-state index in [9.17, 15) is 14.4 Å². The van der Waals surface area contributed by atoms with Gasteiger partial charge in [0.05, 0.1) is 0 Å². The van der Waals surface area contributed by atoms with Gasteiger partial charge in [0.1, 0.15) is 5.54 Å². The first-order valence-corrected chi connectivity index (χ1v) is 8.28. The lowest BCUT2D eigenvalue weighted by molar-refractivity contribution is -0.125. The molecule has 0 aromatic rings. The number of carbonyl (C=O) groups is 3. The van der Waals surface area contributed by atoms with Crippen LogP contribution in [0.5, 0.6) is 0 Å². The van der Waals surface area contributed by atoms with Gasteiger partial charge in [-0.15, -0.1) is 0 Å². The van der Waals surface area contributed by atoms with Gasteiger partial charge in [-0.1, -0.05) is 25.7 Å². The van der Waals surface area contributed by atoms with Crippen LogP contribution in [0.1, 0.15) is 51.4 Å². The molecule has 2 saturated carbocycles. The summed E-state index contributed by atoms with van der Waals surface area (Å²) >= 11 is 0. The Balaban J connectivity index is 1.51. The van der Waals surface area contributed by atoms with Crippen LogP contribution in [-0.2, 0) is 4.79 Å². The molecule has 2 aliphatic carbocycles. The molecule has 3 fully saturated rings. The lowest BCUT2D eigenvalue weighted by atomic mass is 9.87. The average molecular weight is 308 g/mol. The molecule has 22 heavy (non-hydrogen) atoms. The Morgan fingerprint density at radius 2 is 1.91 bits per heavy atom. The SMILES string of the molecule is O=C(NC[C@@H]1CCC[C@@]12NC(=O)NC2=O)NC1CCCCC1. The molecule has 0 bridgehead atoms. The Morgan fingerprint density at radius 3 is 2.59 bits per heavy atom. The fourth-order valence-electron chi connectivity index (χ4n) is 4.02. The van der Waals surface area contributed by atoms with Gasteiger partial charge in [0.15, 0.2) is 0 Å². The summed E-state index contributed by atoms with van der Waals surface area (Å²) in [5, 5.41) is 11.0. The van der Waals surface area contributed by atoms with E-state index in [1.807, 2.05) is 0 Å². The Hall–Kier alpha value is -1.79. The van der Waals surface area contributed by atoms with Crippen molar-refractivity contribution in [3.05, 3.63) is 0 Å². The van der Waals surface area contributed by atoms with E-state index in [2.05, 4.69) is 21.3 Å². The van der Waals surface area contributed by atoms with E-state index >= 15 is 0 Å². The van der Waals surface area contributed by atoms with Crippen molar-refractivity contribution in [3.8, 4) is 0 Å². The third-order valence-corrected chi connectivity index (χ3v) is 5.24. The number of hydrogen-bond donors (Lipinski definition) is 4. The van der Waals surface area contributed by atoms with Crippen LogP contribution in [0.25, 0.3) is 0 Å². The molecular weight excluding hydrogens is 284 g/mol. The summed E-state index contributed by atoms with van der Waals surface area (Å²) in [5.41, 5.74) is -0.824. The van der Waals surface area contributed by atoms with E-state index in [-0.39, 0.29) is 23.9 Å². The largest absolute Gasteiger partial charge is 0.338 e. The maximum atomic E-state index is 12.1. The van der Waals surface area contributed by atoms with Gasteiger partial charge in [-0.2, -0.15) is 0 Å². The minimum Gasteiger partial charge on any atom is -0.338 e. The van der Waals surface area contributed by atoms with Gasteiger partial charge in [-0.05, 0) is 25.7 Å². The molecule has 7 nitrogen and oxygen atoms in total. The second-order valence-corrected chi connectivity index (χ2v) is 6.66. The highest BCUT2D eigenvalue weighted by Crippen LogP contribution is 2.37. The number of rotatable bonds is 3. The summed E-state index contributed by atoms with van der Waals surface area (Å²) < 4.78 is 0. The molecule has 3 aliphatic rings. The van der Waals surface area contributed by atoms with Crippen molar-refractivity contribution in [2.75, 3.05) is 6.54 Å². The molecule has 3 rings (SSSR count). The van der Waals surface area contributed by atoms with E-state index < -0.39 is 11.6 Å². The normalized spacial score (nSPS) is 31.9. The highest BCUT2D eigenvalue weighted by atomic mass is 16.2. The predicted molar refractivity (Wildman–Crippen MR) is 80.2 cm³/mol. The van der Waals surface area contributed by atoms with Crippen molar-refractivity contribution in [2.24, 2.45) is 5.92 Å². The third kappa shape index (κ3) is 2.89. The molecule has 0 unspecified atom stereocenters. The minimum atomic E-state index is -0.824. The topological polar surface area (TPSA) is 99.3 Å². The van der Waals surface area contributed by atoms with Crippen LogP contribution in [0, 0.1) is 5.92 Å². The van der Waals surface area contributed by atoms with Gasteiger partial charge in [-0.25, -0.2) is 9.59 Å². The van der Waals surface area contributed by atoms with E-state index in [1.165, 1.54) is 19.3 Å². The van der Waals surface area contributed by atoms with Gasteiger partial charge in [-0.3, -0.25) is 10.1 Å². The van der Waals surface area contributed by atoms with Crippen LogP contribution >= 0.6 is 0 Å². The van der Waals surface area contributed by atoms with Crippen molar-refractivity contribution in [1.29, 1.82) is 0 Å². The Morgan fingerprint density at radius 1 is 1.14 bits per heavy atom. The lowest BCUT2D eigenvalue weighted by Crippen LogP contribution is -2.54. The van der Waals surface area contributed by atoms with Gasteiger partial charge in [0.2, 0.25) is 0 Å². The first-order valence-electron chi connectivity index (χ1n) is 8.28. The van der Waals surface area contributed by atoms with Crippen molar-refractivity contribution >= 4 is 18.0 Å². The second-order valence-electron chi connectivity index (χ2n) is 6.66. The van der Waals surface area contributed by atoms with Gasteiger partial charge in [0.25, 0.3) is 5.91 Å². The van der Waals surface area contributed by atoms with E-state index in [4.69, 9.17) is 0 Å². The summed E-state index contributed by atoms with van der Waals surface area (Å²) in [6.45, 7) is 0.409. The highest BCUT2D eigenvalue weighted by Gasteiger charge is 2.54. The molecule has 5 amide bonds. The molecule has 0 radical (unpaired) electrons. The van der Waals surface area contributed by atoms with Gasteiger partial charge < -0.3 is 16.0 Å². The molecule has 122 valence electrons. The Bertz CT molecular complexity index is 475. The third-order valence-electron chi connectivity index (χ3n) is 5.24. The number of urea groups is 2. The number of nitrogens with one attached hydrogen (secondary N) is 4. The summed E-state index contributed by atoms with van der Waals surface area (Å²) in [4.78, 5) is 35.5. The fourth-order valence-corrected chi connectivity index (χ4v) is 4.02. The molecule has 1 heterocycles. The zero-order valence-electron chi connectivity index (χ0n) is 12.7. The molecule has 2 atom stereocenters. The summed E-state index contributed by atoms with van der Waals surface area (Å²) in [6.07, 6.45) is 8.02. The van der Waals surface area contributed by atoms with Crippen LogP contribution in [-0.4, -0.2) is 36.1 Å². The number of amides is 5. The van der Waals surface area contributed by atoms with Crippen LogP contribution in [0.15, 0.2) is 0 Å². The average Bonchev–Trinajstić information content (AvgIpc) is 3.02. The van der Waals surface area contributed by atoms with E-state index in [0.29, 0.717) is 13.0 Å². The maximum absolute atomic E-state index is 12.1. The van der Waals surface area contributed by atoms with Crippen molar-refractivity contribution in [3.63, 3.8) is 0 Å². The van der Waals surface area contributed by atoms with E-state index in [0.717, 1.165) is 25.7 Å². The predicted octanol–water partition coefficient (Wildman–Crippen LogP) is 0.997. The molecular formula is C15H24N4O3. The standard InChI is InChI=1S/C15H24N4O3/c20-12-15(19-14(22)18-12)8-4-5-10(15)9-16-13(21)17-11-6-2-1-3-7-11/h10-11H,1-9H2,(H2,16,17,21)(H2,18,19,20,22)/t10-,15+/m0/s1. The van der Waals surface area contributed by atoms with Crippen LogP contribution in [0.2, 0.25) is 0 Å². The monoisotopic (exact) mass is 308 g/mol. The zero-order chi connectivity index (χ0) is 15.6. The van der Waals surface area contributed by atoms with Crippen molar-refractivity contribution < 1.29 is 14.4 Å². The van der Waals surface area contributed by atoms with Gasteiger partial charge in [0, 0.05) is 18.5 Å². The first-order chi connectivity index (χ1) is 10.6. The molecule has 1 spiro atoms. The van der Waals surface area contributed by atoms with Gasteiger partial charge >= 0.3 is 12.1 Å². The molecule has 0 aromatic heterocycles. The summed E-state index contributed by atoms with van der Waals surface area (Å²) in [6, 6.07) is -0.331. The minimum absolute atomic E-state index is 0.0453. The number of imide groups is 1. The molecule has 4 N–H and O–H groups in total. The molecule has 0 aromatic carbocycles. The Kier molecular flexibility index (Phi) is 4.22. The summed E-state index contributed by atoms with van der Waals surface area (Å²) in [5.74, 6) is -0.300. The number of carbonyl (C=O) groups excluding carboxylic acids is 3. The molecule has 1 saturated heterocycles. The van der Waals surface area contributed by atoms with Crippen LogP contribution in [0.3, 0.4) is 0 Å². The maximum Gasteiger partial charge on any atom is 0.322 e. The lowest BCUT2D eigenvalue weighted by Gasteiger charge is -2.29. The first kappa shape index (κ1) is 15.1. The Labute approximate surface area is 130 Å². The van der Waals surface area contributed by atoms with Crippen molar-refractivity contribution in [1.82, 2.24) is 21.3 Å². The van der Waals surface area contributed by atoms with E-state index in [1.54, 1.807) is 0 Å². The summed E-state index contributed by atoms with van der Waals surface area (Å²) in [7, 11) is 0. The highest BCUT2D eigenvalue weighted by molar-refractivity contribution is 6.07. The van der Waals surface area contributed by atoms with Crippen LogP contribution in [0.4, 0.5) is 9.59 Å². The smallest absolute Gasteiger partial charge is 0.322 e. The van der Waals surface area contributed by atoms with Crippen LogP contribution < -0.4 is 21.3 Å². The number of hydrogen-bond acceptors (Lipinski definition) is 3.